The summed E-state index contributed by atoms with van der Waals surface area (Å²) in [6.45, 7) is 5.35. The first-order valence-corrected chi connectivity index (χ1v) is 5.93. The molecule has 4 nitrogen and oxygen atoms in total. The van der Waals surface area contributed by atoms with Crippen molar-refractivity contribution >= 4 is 23.4 Å². The van der Waals surface area contributed by atoms with E-state index in [0.717, 1.165) is 5.56 Å². The van der Waals surface area contributed by atoms with Crippen molar-refractivity contribution in [1.29, 1.82) is 0 Å². The van der Waals surface area contributed by atoms with Gasteiger partial charge in [0.1, 0.15) is 12.2 Å². The van der Waals surface area contributed by atoms with Crippen LogP contribution in [0.5, 0.6) is 5.75 Å². The predicted molar refractivity (Wildman–Crippen MR) is 68.2 cm³/mol. The molecule has 98 valence electrons. The lowest BCUT2D eigenvalue weighted by atomic mass is 10.0. The second kappa shape index (κ2) is 5.87. The minimum Gasteiger partial charge on any atom is -0.506 e. The van der Waals surface area contributed by atoms with Crippen LogP contribution in [0, 0.1) is 13.8 Å². The largest absolute Gasteiger partial charge is 0.506 e. The van der Waals surface area contributed by atoms with Gasteiger partial charge in [-0.25, -0.2) is 0 Å². The molecule has 0 atom stereocenters. The molecule has 5 heteroatoms. The molecule has 0 heterocycles. The van der Waals surface area contributed by atoms with Crippen LogP contribution in [0.1, 0.15) is 34.8 Å². The lowest BCUT2D eigenvalue weighted by molar-refractivity contribution is -0.141. The predicted octanol–water partition coefficient (Wildman–Crippen LogP) is 2.80. The fourth-order valence-electron chi connectivity index (χ4n) is 1.51. The number of rotatable bonds is 4. The highest BCUT2D eigenvalue weighted by Crippen LogP contribution is 2.33. The molecule has 18 heavy (non-hydrogen) atoms. The van der Waals surface area contributed by atoms with E-state index in [0.29, 0.717) is 5.56 Å². The number of hydrogen-bond acceptors (Lipinski definition) is 4. The van der Waals surface area contributed by atoms with E-state index in [4.69, 9.17) is 16.3 Å². The van der Waals surface area contributed by atoms with Crippen LogP contribution in [0.4, 0.5) is 0 Å². The highest BCUT2D eigenvalue weighted by atomic mass is 35.5. The maximum Gasteiger partial charge on any atom is 0.313 e. The maximum absolute atomic E-state index is 11.9. The lowest BCUT2D eigenvalue weighted by Crippen LogP contribution is -2.12. The number of phenolic OH excluding ortho intramolecular Hbond substituents is 1. The summed E-state index contributed by atoms with van der Waals surface area (Å²) < 4.78 is 4.69. The molecule has 0 bridgehead atoms. The van der Waals surface area contributed by atoms with Crippen molar-refractivity contribution in [3.63, 3.8) is 0 Å². The first kappa shape index (κ1) is 14.5. The minimum atomic E-state index is -0.601. The van der Waals surface area contributed by atoms with E-state index in [9.17, 15) is 14.7 Å². The molecular weight excluding hydrogens is 256 g/mol. The minimum absolute atomic E-state index is 0.0209. The maximum atomic E-state index is 11.9. The van der Waals surface area contributed by atoms with E-state index in [-0.39, 0.29) is 29.4 Å². The number of phenols is 1. The molecule has 1 N–H and O–H groups in total. The lowest BCUT2D eigenvalue weighted by Gasteiger charge is -2.10. The van der Waals surface area contributed by atoms with Crippen molar-refractivity contribution in [2.75, 3.05) is 6.61 Å². The van der Waals surface area contributed by atoms with E-state index in [2.05, 4.69) is 0 Å². The zero-order valence-electron chi connectivity index (χ0n) is 10.5. The van der Waals surface area contributed by atoms with Gasteiger partial charge in [-0.05, 0) is 38.0 Å². The Morgan fingerprint density at radius 2 is 2.00 bits per heavy atom. The van der Waals surface area contributed by atoms with Crippen molar-refractivity contribution in [1.82, 2.24) is 0 Å². The molecule has 0 unspecified atom stereocenters. The number of ether oxygens (including phenoxy) is 1. The molecule has 0 radical (unpaired) electrons. The standard InChI is InChI=1S/C13H15ClO4/c1-4-18-11(16)6-10(15)9-5-7(2)8(3)13(17)12(9)14/h5,17H,4,6H2,1-3H3. The molecule has 1 aromatic rings. The van der Waals surface area contributed by atoms with Crippen LogP contribution in [0.15, 0.2) is 6.07 Å². The summed E-state index contributed by atoms with van der Waals surface area (Å²) in [4.78, 5) is 23.1. The average molecular weight is 271 g/mol. The quantitative estimate of drug-likeness (QED) is 0.519. The summed E-state index contributed by atoms with van der Waals surface area (Å²) in [6.07, 6.45) is -0.379. The summed E-state index contributed by atoms with van der Waals surface area (Å²) >= 11 is 5.90. The third-order valence-corrected chi connectivity index (χ3v) is 3.05. The first-order chi connectivity index (χ1) is 8.38. The molecule has 0 aliphatic rings. The summed E-state index contributed by atoms with van der Waals surface area (Å²) in [5.74, 6) is -1.18. The Morgan fingerprint density at radius 3 is 2.56 bits per heavy atom. The van der Waals surface area contributed by atoms with E-state index in [1.165, 1.54) is 0 Å². The molecule has 1 rings (SSSR count). The number of aromatic hydroxyl groups is 1. The molecule has 0 fully saturated rings. The Kier molecular flexibility index (Phi) is 4.73. The summed E-state index contributed by atoms with van der Waals surface area (Å²) in [5, 5.41) is 9.73. The number of halogens is 1. The van der Waals surface area contributed by atoms with Crippen molar-refractivity contribution in [2.45, 2.75) is 27.2 Å². The van der Waals surface area contributed by atoms with Gasteiger partial charge in [0.2, 0.25) is 0 Å². The van der Waals surface area contributed by atoms with Crippen molar-refractivity contribution < 1.29 is 19.4 Å². The van der Waals surface area contributed by atoms with Crippen LogP contribution in [0.25, 0.3) is 0 Å². The molecule has 0 aromatic heterocycles. The number of esters is 1. The highest BCUT2D eigenvalue weighted by Gasteiger charge is 2.19. The van der Waals surface area contributed by atoms with Gasteiger partial charge in [-0.3, -0.25) is 9.59 Å². The zero-order valence-corrected chi connectivity index (χ0v) is 11.3. The van der Waals surface area contributed by atoms with Gasteiger partial charge in [-0.15, -0.1) is 0 Å². The number of hydrogen-bond donors (Lipinski definition) is 1. The topological polar surface area (TPSA) is 63.6 Å². The normalized spacial score (nSPS) is 10.2. The Morgan fingerprint density at radius 1 is 1.39 bits per heavy atom. The van der Waals surface area contributed by atoms with Crippen LogP contribution in [0.3, 0.4) is 0 Å². The SMILES string of the molecule is CCOC(=O)CC(=O)c1cc(C)c(C)c(O)c1Cl. The van der Waals surface area contributed by atoms with Crippen LogP contribution in [-0.2, 0) is 9.53 Å². The molecule has 0 aliphatic heterocycles. The van der Waals surface area contributed by atoms with Gasteiger partial charge in [-0.2, -0.15) is 0 Å². The summed E-state index contributed by atoms with van der Waals surface area (Å²) in [7, 11) is 0. The van der Waals surface area contributed by atoms with Gasteiger partial charge < -0.3 is 9.84 Å². The molecule has 0 aliphatic carbocycles. The van der Waals surface area contributed by atoms with Gasteiger partial charge >= 0.3 is 5.97 Å². The monoisotopic (exact) mass is 270 g/mol. The number of aryl methyl sites for hydroxylation is 1. The van der Waals surface area contributed by atoms with Crippen LogP contribution >= 0.6 is 11.6 Å². The third kappa shape index (κ3) is 3.01. The Hall–Kier alpha value is -1.55. The van der Waals surface area contributed by atoms with E-state index in [1.54, 1.807) is 26.8 Å². The Labute approximate surface area is 111 Å². The van der Waals surface area contributed by atoms with Crippen LogP contribution < -0.4 is 0 Å². The molecule has 0 spiro atoms. The number of carbonyl (C=O) groups excluding carboxylic acids is 2. The van der Waals surface area contributed by atoms with Gasteiger partial charge in [0.05, 0.1) is 11.6 Å². The van der Waals surface area contributed by atoms with Gasteiger partial charge in [0.25, 0.3) is 0 Å². The van der Waals surface area contributed by atoms with Crippen molar-refractivity contribution in [3.8, 4) is 5.75 Å². The number of carbonyl (C=O) groups is 2. The van der Waals surface area contributed by atoms with Crippen LogP contribution in [0.2, 0.25) is 5.02 Å². The molecular formula is C13H15ClO4. The van der Waals surface area contributed by atoms with Crippen molar-refractivity contribution in [2.24, 2.45) is 0 Å². The number of benzene rings is 1. The Balaban J connectivity index is 3.04. The second-order valence-electron chi connectivity index (χ2n) is 3.93. The summed E-state index contributed by atoms with van der Waals surface area (Å²) in [5.41, 5.74) is 1.50. The zero-order chi connectivity index (χ0) is 13.9. The molecule has 0 amide bonds. The van der Waals surface area contributed by atoms with Crippen LogP contribution in [-0.4, -0.2) is 23.5 Å². The molecule has 0 saturated carbocycles. The Bertz CT molecular complexity index is 494. The van der Waals surface area contributed by atoms with E-state index < -0.39 is 11.8 Å². The fraction of sp³-hybridized carbons (Fsp3) is 0.385. The molecule has 0 saturated heterocycles. The fourth-order valence-corrected chi connectivity index (χ4v) is 1.81. The van der Waals surface area contributed by atoms with Gasteiger partial charge in [0, 0.05) is 5.56 Å². The van der Waals surface area contributed by atoms with Gasteiger partial charge in [-0.1, -0.05) is 11.6 Å². The number of Topliss-reactive ketones (excluding diaryl/α,β-unsaturated/α-hetero) is 1. The summed E-state index contributed by atoms with van der Waals surface area (Å²) in [6, 6.07) is 1.57. The first-order valence-electron chi connectivity index (χ1n) is 5.56. The second-order valence-corrected chi connectivity index (χ2v) is 4.31. The third-order valence-electron chi connectivity index (χ3n) is 2.66. The average Bonchev–Trinajstić information content (AvgIpc) is 2.31. The highest BCUT2D eigenvalue weighted by molar-refractivity contribution is 6.35. The number of ketones is 1. The van der Waals surface area contributed by atoms with Gasteiger partial charge in [0.15, 0.2) is 5.78 Å². The van der Waals surface area contributed by atoms with E-state index >= 15 is 0 Å². The van der Waals surface area contributed by atoms with Crippen molar-refractivity contribution in [3.05, 3.63) is 27.8 Å². The molecule has 1 aromatic carbocycles. The van der Waals surface area contributed by atoms with E-state index in [1.807, 2.05) is 0 Å². The smallest absolute Gasteiger partial charge is 0.313 e.